The van der Waals surface area contributed by atoms with Gasteiger partial charge in [-0.05, 0) is 70.3 Å². The van der Waals surface area contributed by atoms with Gasteiger partial charge in [0.15, 0.2) is 6.10 Å². The van der Waals surface area contributed by atoms with E-state index in [1.54, 1.807) is 0 Å². The zero-order valence-electron chi connectivity index (χ0n) is 38.6. The lowest BCUT2D eigenvalue weighted by molar-refractivity contribution is -0.160. The average molecular weight is 894 g/mol. The number of carbonyl (C=O) groups is 3. The van der Waals surface area contributed by atoms with Gasteiger partial charge in [-0.2, -0.15) is 13.8 Å². The molecule has 2 rings (SSSR count). The Morgan fingerprint density at radius 2 is 1.22 bits per heavy atom. The maximum atomic E-state index is 14.6. The minimum Gasteiger partial charge on any atom is -0.462 e. The summed E-state index contributed by atoms with van der Waals surface area (Å²) in [6.45, 7) is 3.23. The lowest BCUT2D eigenvalue weighted by Gasteiger charge is -2.21. The van der Waals surface area contributed by atoms with E-state index in [4.69, 9.17) is 14.2 Å². The number of nitrogens with one attached hydrogen (secondary N) is 1. The maximum absolute atomic E-state index is 14.6. The molecule has 1 aliphatic rings. The van der Waals surface area contributed by atoms with Crippen LogP contribution in [0.2, 0.25) is 0 Å². The van der Waals surface area contributed by atoms with Crippen molar-refractivity contribution in [2.24, 2.45) is 0 Å². The topological polar surface area (TPSA) is 166 Å². The third-order valence-corrected chi connectivity index (χ3v) is 11.3. The third kappa shape index (κ3) is 25.0. The monoisotopic (exact) mass is 894 g/mol. The quantitative estimate of drug-likeness (QED) is 0.0330. The zero-order valence-corrected chi connectivity index (χ0v) is 38.6. The highest BCUT2D eigenvalue weighted by atomic mass is 19.3. The Labute approximate surface area is 376 Å². The first-order valence-electron chi connectivity index (χ1n) is 24.4. The smallest absolute Gasteiger partial charge is 0.351 e. The van der Waals surface area contributed by atoms with Crippen molar-refractivity contribution in [2.75, 3.05) is 18.5 Å². The molecule has 1 saturated heterocycles. The van der Waals surface area contributed by atoms with E-state index in [-0.39, 0.29) is 25.3 Å². The van der Waals surface area contributed by atoms with Gasteiger partial charge in [-0.15, -0.1) is 0 Å². The number of amides is 1. The number of carbonyl (C=O) groups excluding carboxylic acids is 3. The first-order chi connectivity index (χ1) is 30.5. The SMILES string of the molecule is CCCCCCCC/C=C/CCCCCCCC(=O)OCC(CC(=O)Nc1ccn(C2OC(CO)C(O)C2(F)F)c(=O)n1)OC(=O)CCCCCCC/C=C/CCCCCCCC. The second-order valence-corrected chi connectivity index (χ2v) is 17.0. The lowest BCUT2D eigenvalue weighted by Crippen LogP contribution is -2.41. The fourth-order valence-electron chi connectivity index (χ4n) is 7.50. The number of nitrogens with zero attached hydrogens (tertiary/aromatic N) is 2. The Morgan fingerprint density at radius 3 is 1.68 bits per heavy atom. The van der Waals surface area contributed by atoms with Crippen molar-refractivity contribution in [3.63, 3.8) is 0 Å². The van der Waals surface area contributed by atoms with Crippen LogP contribution in [0.3, 0.4) is 0 Å². The van der Waals surface area contributed by atoms with Gasteiger partial charge in [0.05, 0.1) is 13.0 Å². The van der Waals surface area contributed by atoms with E-state index in [9.17, 15) is 38.2 Å². The molecule has 0 bridgehead atoms. The largest absolute Gasteiger partial charge is 0.462 e. The molecule has 12 nitrogen and oxygen atoms in total. The van der Waals surface area contributed by atoms with Gasteiger partial charge in [0.1, 0.15) is 24.6 Å². The Morgan fingerprint density at radius 1 is 0.762 bits per heavy atom. The fourth-order valence-corrected chi connectivity index (χ4v) is 7.50. The summed E-state index contributed by atoms with van der Waals surface area (Å²) in [5.41, 5.74) is -1.20. The predicted molar refractivity (Wildman–Crippen MR) is 243 cm³/mol. The highest BCUT2D eigenvalue weighted by molar-refractivity contribution is 5.90. The van der Waals surface area contributed by atoms with Crippen LogP contribution in [0.25, 0.3) is 0 Å². The van der Waals surface area contributed by atoms with E-state index in [0.29, 0.717) is 17.4 Å². The minimum atomic E-state index is -3.90. The van der Waals surface area contributed by atoms with Crippen LogP contribution >= 0.6 is 0 Å². The number of halogens is 2. The molecule has 14 heteroatoms. The molecule has 1 fully saturated rings. The van der Waals surface area contributed by atoms with Crippen LogP contribution in [-0.2, 0) is 28.6 Å². The Hall–Kier alpha value is -3.49. The standard InChI is InChI=1S/C49H81F2N3O9/c1-3-5-7-9-11-13-15-17-19-21-23-25-27-29-31-33-44(57)61-39-40(62-45(58)34-32-30-28-26-24-22-20-18-16-14-12-10-8-6-4-2)37-43(56)52-42-35-36-54(48(60)53-42)47-49(50,51)46(59)41(38-55)63-47/h17-20,35-36,40-41,46-47,55,59H,3-16,21-34,37-39H2,1-2H3,(H,52,53,56,60)/b19-17+,20-18+. The number of unbranched alkanes of at least 4 members (excludes halogenated alkanes) is 22. The number of aliphatic hydroxyl groups is 2. The number of hydrogen-bond acceptors (Lipinski definition) is 10. The molecular weight excluding hydrogens is 813 g/mol. The van der Waals surface area contributed by atoms with Crippen molar-refractivity contribution in [1.29, 1.82) is 0 Å². The predicted octanol–water partition coefficient (Wildman–Crippen LogP) is 11.0. The summed E-state index contributed by atoms with van der Waals surface area (Å²) in [6.07, 6.45) is 32.0. The van der Waals surface area contributed by atoms with Gasteiger partial charge in [-0.25, -0.2) is 4.79 Å². The molecule has 4 atom stereocenters. The Bertz CT molecular complexity index is 1500. The van der Waals surface area contributed by atoms with Crippen LogP contribution < -0.4 is 11.0 Å². The van der Waals surface area contributed by atoms with Crippen LogP contribution in [0.1, 0.15) is 206 Å². The second-order valence-electron chi connectivity index (χ2n) is 17.0. The van der Waals surface area contributed by atoms with E-state index in [1.165, 1.54) is 77.0 Å². The minimum absolute atomic E-state index is 0.138. The zero-order chi connectivity index (χ0) is 46.0. The van der Waals surface area contributed by atoms with Crippen LogP contribution in [0.4, 0.5) is 14.6 Å². The molecule has 63 heavy (non-hydrogen) atoms. The van der Waals surface area contributed by atoms with Crippen molar-refractivity contribution in [1.82, 2.24) is 9.55 Å². The van der Waals surface area contributed by atoms with E-state index in [2.05, 4.69) is 48.5 Å². The number of alkyl halides is 2. The molecule has 0 aliphatic carbocycles. The first-order valence-corrected chi connectivity index (χ1v) is 24.4. The molecule has 1 aromatic rings. The number of aliphatic hydroxyl groups excluding tert-OH is 2. The van der Waals surface area contributed by atoms with Gasteiger partial charge in [-0.3, -0.25) is 19.0 Å². The van der Waals surface area contributed by atoms with Gasteiger partial charge in [0, 0.05) is 19.0 Å². The van der Waals surface area contributed by atoms with Gasteiger partial charge in [0.2, 0.25) is 12.1 Å². The number of aromatic nitrogens is 2. The molecule has 1 aliphatic heterocycles. The van der Waals surface area contributed by atoms with Gasteiger partial charge in [-0.1, -0.05) is 141 Å². The van der Waals surface area contributed by atoms with Crippen molar-refractivity contribution in [3.8, 4) is 0 Å². The summed E-state index contributed by atoms with van der Waals surface area (Å²) in [5, 5.41) is 21.5. The van der Waals surface area contributed by atoms with Crippen LogP contribution in [0, 0.1) is 0 Å². The average Bonchev–Trinajstić information content (AvgIpc) is 3.49. The molecule has 0 radical (unpaired) electrons. The van der Waals surface area contributed by atoms with E-state index >= 15 is 0 Å². The molecule has 4 unspecified atom stereocenters. The van der Waals surface area contributed by atoms with E-state index < -0.39 is 67.0 Å². The lowest BCUT2D eigenvalue weighted by atomic mass is 10.1. The van der Waals surface area contributed by atoms with Crippen molar-refractivity contribution in [3.05, 3.63) is 47.1 Å². The highest BCUT2D eigenvalue weighted by Gasteiger charge is 2.59. The Balaban J connectivity index is 1.79. The van der Waals surface area contributed by atoms with Gasteiger partial charge >= 0.3 is 23.6 Å². The van der Waals surface area contributed by atoms with Crippen LogP contribution in [-0.4, -0.2) is 75.1 Å². The number of rotatable bonds is 38. The summed E-state index contributed by atoms with van der Waals surface area (Å²) in [4.78, 5) is 54.9. The van der Waals surface area contributed by atoms with Crippen molar-refractivity contribution < 1.29 is 47.6 Å². The molecular formula is C49H81F2N3O9. The number of esters is 2. The number of anilines is 1. The normalized spacial score (nSPS) is 17.7. The summed E-state index contributed by atoms with van der Waals surface area (Å²) in [6, 6.07) is 1.10. The summed E-state index contributed by atoms with van der Waals surface area (Å²) < 4.78 is 45.8. The molecule has 360 valence electrons. The third-order valence-electron chi connectivity index (χ3n) is 11.3. The van der Waals surface area contributed by atoms with E-state index in [1.807, 2.05) is 0 Å². The number of allylic oxidation sites excluding steroid dienone is 4. The van der Waals surface area contributed by atoms with Crippen molar-refractivity contribution >= 4 is 23.7 Å². The second kappa shape index (κ2) is 34.9. The highest BCUT2D eigenvalue weighted by Crippen LogP contribution is 2.42. The van der Waals surface area contributed by atoms with Crippen molar-refractivity contribution in [2.45, 2.75) is 231 Å². The first kappa shape index (κ1) is 55.6. The van der Waals surface area contributed by atoms with Gasteiger partial charge in [0.25, 0.3) is 0 Å². The molecule has 3 N–H and O–H groups in total. The molecule has 1 amide bonds. The number of ether oxygens (including phenoxy) is 3. The van der Waals surface area contributed by atoms with Gasteiger partial charge < -0.3 is 29.7 Å². The Kier molecular flexibility index (Phi) is 30.8. The van der Waals surface area contributed by atoms with Crippen LogP contribution in [0.15, 0.2) is 41.4 Å². The summed E-state index contributed by atoms with van der Waals surface area (Å²) >= 11 is 0. The maximum Gasteiger partial charge on any atom is 0.351 e. The fraction of sp³-hybridized carbons (Fsp3) is 0.776. The molecule has 0 aromatic carbocycles. The summed E-state index contributed by atoms with van der Waals surface area (Å²) in [7, 11) is 0. The number of hydrogen-bond donors (Lipinski definition) is 3. The molecule has 0 spiro atoms. The molecule has 1 aromatic heterocycles. The molecule has 0 saturated carbocycles. The van der Waals surface area contributed by atoms with E-state index in [0.717, 1.165) is 89.3 Å². The molecule has 2 heterocycles. The van der Waals surface area contributed by atoms with Crippen LogP contribution in [0.5, 0.6) is 0 Å². The summed E-state index contributed by atoms with van der Waals surface area (Å²) in [5.74, 6) is -5.87.